The molecule has 2 aromatic rings. The van der Waals surface area contributed by atoms with E-state index in [0.29, 0.717) is 31.7 Å². The highest BCUT2D eigenvalue weighted by molar-refractivity contribution is 9.10. The van der Waals surface area contributed by atoms with Gasteiger partial charge in [-0.3, -0.25) is 4.90 Å². The van der Waals surface area contributed by atoms with Gasteiger partial charge < -0.3 is 15.2 Å². The van der Waals surface area contributed by atoms with E-state index in [4.69, 9.17) is 0 Å². The number of hydrogen-bond donors (Lipinski definition) is 2. The third-order valence-corrected chi connectivity index (χ3v) is 5.01. The number of ether oxygens (including phenoxy) is 1. The van der Waals surface area contributed by atoms with Gasteiger partial charge in [-0.05, 0) is 39.7 Å². The van der Waals surface area contributed by atoms with Crippen molar-refractivity contribution in [1.82, 2.24) is 10.2 Å². The number of phenols is 1. The first-order valence-electron chi connectivity index (χ1n) is 8.34. The molecule has 3 rings (SSSR count). The number of nitrogens with zero attached hydrogens (tertiary/aromatic N) is 1. The molecular weight excluding hydrogens is 451 g/mol. The van der Waals surface area contributed by atoms with Crippen LogP contribution in [0, 0.1) is 11.6 Å². The summed E-state index contributed by atoms with van der Waals surface area (Å²) in [6.07, 6.45) is -4.84. The lowest BCUT2D eigenvalue weighted by Crippen LogP contribution is -2.45. The Morgan fingerprint density at radius 2 is 1.71 bits per heavy atom. The van der Waals surface area contributed by atoms with E-state index in [-0.39, 0.29) is 10.0 Å². The van der Waals surface area contributed by atoms with Crippen molar-refractivity contribution in [1.29, 1.82) is 0 Å². The number of phenolic OH excluding ortho intramolecular Hbond substituents is 1. The summed E-state index contributed by atoms with van der Waals surface area (Å²) in [5.41, 5.74) is 0.112. The van der Waals surface area contributed by atoms with E-state index in [2.05, 4.69) is 26.0 Å². The Hall–Kier alpha value is -1.91. The van der Waals surface area contributed by atoms with Crippen LogP contribution in [0.4, 0.5) is 22.0 Å². The van der Waals surface area contributed by atoms with Crippen molar-refractivity contribution in [2.45, 2.75) is 12.4 Å². The predicted octanol–water partition coefficient (Wildman–Crippen LogP) is 4.33. The van der Waals surface area contributed by atoms with Crippen molar-refractivity contribution < 1.29 is 31.8 Å². The highest BCUT2D eigenvalue weighted by Crippen LogP contribution is 2.41. The van der Waals surface area contributed by atoms with Crippen LogP contribution in [0.25, 0.3) is 0 Å². The Labute approximate surface area is 166 Å². The van der Waals surface area contributed by atoms with E-state index in [0.717, 1.165) is 18.2 Å². The predicted molar refractivity (Wildman–Crippen MR) is 95.1 cm³/mol. The number of aromatic hydroxyl groups is 1. The highest BCUT2D eigenvalue weighted by Gasteiger charge is 2.33. The van der Waals surface area contributed by atoms with Gasteiger partial charge >= 0.3 is 6.36 Å². The minimum absolute atomic E-state index is 0.0152. The number of halogens is 6. The number of rotatable bonds is 4. The molecule has 2 aromatic carbocycles. The van der Waals surface area contributed by atoms with Crippen LogP contribution in [0.3, 0.4) is 0 Å². The number of piperazine rings is 1. The van der Waals surface area contributed by atoms with Crippen LogP contribution in [0.2, 0.25) is 0 Å². The third kappa shape index (κ3) is 4.56. The van der Waals surface area contributed by atoms with Gasteiger partial charge in [0.05, 0.1) is 16.1 Å². The lowest BCUT2D eigenvalue weighted by Gasteiger charge is -2.36. The molecule has 0 spiro atoms. The maximum absolute atomic E-state index is 14.7. The first-order valence-corrected chi connectivity index (χ1v) is 9.13. The first-order chi connectivity index (χ1) is 13.2. The minimum atomic E-state index is -4.84. The molecule has 1 atom stereocenters. The molecule has 28 heavy (non-hydrogen) atoms. The van der Waals surface area contributed by atoms with Crippen molar-refractivity contribution in [2.75, 3.05) is 26.2 Å². The van der Waals surface area contributed by atoms with Crippen molar-refractivity contribution in [3.8, 4) is 11.5 Å². The molecule has 0 amide bonds. The summed E-state index contributed by atoms with van der Waals surface area (Å²) in [6, 6.07) is 4.80. The Morgan fingerprint density at radius 3 is 2.29 bits per heavy atom. The molecule has 1 aliphatic heterocycles. The van der Waals surface area contributed by atoms with Crippen LogP contribution in [0.1, 0.15) is 17.2 Å². The smallest absolute Gasteiger partial charge is 0.506 e. The van der Waals surface area contributed by atoms with Crippen molar-refractivity contribution >= 4 is 15.9 Å². The molecule has 0 aliphatic carbocycles. The maximum Gasteiger partial charge on any atom is 0.573 e. The van der Waals surface area contributed by atoms with Crippen LogP contribution in [0.15, 0.2) is 34.8 Å². The zero-order valence-electron chi connectivity index (χ0n) is 14.4. The third-order valence-electron chi connectivity index (χ3n) is 4.40. The second-order valence-corrected chi connectivity index (χ2v) is 7.08. The number of hydrogen-bond acceptors (Lipinski definition) is 4. The van der Waals surface area contributed by atoms with Crippen LogP contribution in [0.5, 0.6) is 11.5 Å². The quantitative estimate of drug-likeness (QED) is 0.520. The van der Waals surface area contributed by atoms with Crippen molar-refractivity contribution in [2.24, 2.45) is 0 Å². The maximum atomic E-state index is 14.7. The Balaban J connectivity index is 2.06. The zero-order chi connectivity index (χ0) is 20.5. The molecule has 0 saturated carbocycles. The van der Waals surface area contributed by atoms with Crippen molar-refractivity contribution in [3.63, 3.8) is 0 Å². The summed E-state index contributed by atoms with van der Waals surface area (Å²) in [7, 11) is 0. The van der Waals surface area contributed by atoms with Gasteiger partial charge in [-0.25, -0.2) is 8.78 Å². The van der Waals surface area contributed by atoms with Gasteiger partial charge in [0, 0.05) is 26.2 Å². The number of benzene rings is 2. The summed E-state index contributed by atoms with van der Waals surface area (Å²) in [4.78, 5) is 1.82. The number of alkyl halides is 3. The van der Waals surface area contributed by atoms with Gasteiger partial charge in [-0.1, -0.05) is 12.1 Å². The minimum Gasteiger partial charge on any atom is -0.506 e. The fourth-order valence-corrected chi connectivity index (χ4v) is 3.62. The summed E-state index contributed by atoms with van der Waals surface area (Å²) in [6.45, 7) is 2.12. The molecule has 152 valence electrons. The van der Waals surface area contributed by atoms with Crippen LogP contribution >= 0.6 is 15.9 Å². The molecule has 1 saturated heterocycles. The standard InChI is InChI=1S/C18H16BrF5N2O2/c19-12-9-13(20)15(21)14(17(12)27)16(26-7-5-25-6-8-26)10-1-3-11(4-2-10)28-18(22,23)24/h1-4,9,16,25,27H,5-8H2/t16-/m1/s1. The van der Waals surface area contributed by atoms with Gasteiger partial charge in [0.1, 0.15) is 11.5 Å². The fraction of sp³-hybridized carbons (Fsp3) is 0.333. The van der Waals surface area contributed by atoms with Crippen molar-refractivity contribution in [3.05, 3.63) is 57.6 Å². The van der Waals surface area contributed by atoms with Crippen LogP contribution in [-0.4, -0.2) is 42.5 Å². The lowest BCUT2D eigenvalue weighted by atomic mass is 9.94. The molecule has 1 aliphatic rings. The van der Waals surface area contributed by atoms with E-state index >= 15 is 0 Å². The second kappa shape index (κ2) is 8.22. The van der Waals surface area contributed by atoms with Gasteiger partial charge in [0.15, 0.2) is 11.6 Å². The summed E-state index contributed by atoms with van der Waals surface area (Å²) >= 11 is 3.01. The van der Waals surface area contributed by atoms with Crippen LogP contribution < -0.4 is 10.1 Å². The van der Waals surface area contributed by atoms with E-state index in [9.17, 15) is 27.1 Å². The van der Waals surface area contributed by atoms with Gasteiger partial charge in [-0.2, -0.15) is 0 Å². The van der Waals surface area contributed by atoms with Gasteiger partial charge in [-0.15, -0.1) is 13.2 Å². The van der Waals surface area contributed by atoms with Gasteiger partial charge in [0.25, 0.3) is 0 Å². The largest absolute Gasteiger partial charge is 0.573 e. The molecule has 2 N–H and O–H groups in total. The average molecular weight is 467 g/mol. The number of nitrogens with one attached hydrogen (secondary N) is 1. The normalized spacial score (nSPS) is 16.8. The highest BCUT2D eigenvalue weighted by atomic mass is 79.9. The topological polar surface area (TPSA) is 44.7 Å². The Kier molecular flexibility index (Phi) is 6.11. The second-order valence-electron chi connectivity index (χ2n) is 6.22. The average Bonchev–Trinajstić information content (AvgIpc) is 2.64. The summed E-state index contributed by atoms with van der Waals surface area (Å²) in [5, 5.41) is 13.5. The summed E-state index contributed by atoms with van der Waals surface area (Å²) < 4.78 is 69.7. The fourth-order valence-electron chi connectivity index (χ4n) is 3.21. The Morgan fingerprint density at radius 1 is 1.11 bits per heavy atom. The lowest BCUT2D eigenvalue weighted by molar-refractivity contribution is -0.274. The molecule has 0 radical (unpaired) electrons. The van der Waals surface area contributed by atoms with E-state index in [1.165, 1.54) is 12.1 Å². The molecule has 1 heterocycles. The zero-order valence-corrected chi connectivity index (χ0v) is 15.9. The molecule has 0 unspecified atom stereocenters. The molecule has 0 aromatic heterocycles. The molecule has 0 bridgehead atoms. The van der Waals surface area contributed by atoms with Gasteiger partial charge in [0.2, 0.25) is 0 Å². The monoisotopic (exact) mass is 466 g/mol. The molecular formula is C18H16BrF5N2O2. The first kappa shape index (κ1) is 20.8. The van der Waals surface area contributed by atoms with Crippen LogP contribution in [-0.2, 0) is 0 Å². The molecule has 1 fully saturated rings. The van der Waals surface area contributed by atoms with E-state index in [1.54, 1.807) is 0 Å². The molecule has 10 heteroatoms. The SMILES string of the molecule is Oc1c(Br)cc(F)c(F)c1[C@@H](c1ccc(OC(F)(F)F)cc1)N1CCNCC1. The summed E-state index contributed by atoms with van der Waals surface area (Å²) in [5.74, 6) is -3.24. The van der Waals surface area contributed by atoms with E-state index < -0.39 is 35.5 Å². The van der Waals surface area contributed by atoms with E-state index in [1.807, 2.05) is 4.90 Å². The molecule has 4 nitrogen and oxygen atoms in total. The Bertz CT molecular complexity index is 813.